The first-order chi connectivity index (χ1) is 10.5. The van der Waals surface area contributed by atoms with Crippen LogP contribution in [-0.4, -0.2) is 26.2 Å². The molecule has 0 amide bonds. The van der Waals surface area contributed by atoms with Crippen LogP contribution in [0.1, 0.15) is 53.4 Å². The van der Waals surface area contributed by atoms with E-state index in [0.717, 1.165) is 25.7 Å². The minimum Gasteiger partial charge on any atom is -0.469 e. The zero-order valence-corrected chi connectivity index (χ0v) is 14.6. The number of carbonyl (C=O) groups excluding carboxylic acids is 2. The van der Waals surface area contributed by atoms with Gasteiger partial charge in [-0.15, -0.1) is 0 Å². The number of hydrogen-bond donors (Lipinski definition) is 0. The summed E-state index contributed by atoms with van der Waals surface area (Å²) in [4.78, 5) is 24.9. The number of rotatable bonds is 6. The van der Waals surface area contributed by atoms with Gasteiger partial charge in [-0.2, -0.15) is 0 Å². The molecule has 0 bridgehead atoms. The quantitative estimate of drug-likeness (QED) is 0.556. The minimum absolute atomic E-state index is 0.214. The van der Waals surface area contributed by atoms with Gasteiger partial charge < -0.3 is 9.47 Å². The summed E-state index contributed by atoms with van der Waals surface area (Å²) >= 11 is 0. The van der Waals surface area contributed by atoms with Gasteiger partial charge in [0.25, 0.3) is 0 Å². The van der Waals surface area contributed by atoms with E-state index in [0.29, 0.717) is 0 Å². The minimum atomic E-state index is -0.403. The molecule has 0 aromatic heterocycles. The van der Waals surface area contributed by atoms with Gasteiger partial charge in [-0.25, -0.2) is 0 Å². The third-order valence-corrected chi connectivity index (χ3v) is 6.37. The van der Waals surface area contributed by atoms with Gasteiger partial charge in [0.05, 0.1) is 26.1 Å². The predicted octanol–water partition coefficient (Wildman–Crippen LogP) is 3.50. The van der Waals surface area contributed by atoms with Gasteiger partial charge in [0.15, 0.2) is 0 Å². The molecule has 2 aliphatic rings. The van der Waals surface area contributed by atoms with Crippen LogP contribution in [0.25, 0.3) is 0 Å². The zero-order valence-electron chi connectivity index (χ0n) is 14.6. The Morgan fingerprint density at radius 2 is 1.14 bits per heavy atom. The van der Waals surface area contributed by atoms with Crippen molar-refractivity contribution in [3.05, 3.63) is 11.1 Å². The molecular weight excluding hydrogens is 280 g/mol. The Bertz CT molecular complexity index is 475. The average Bonchev–Trinajstić information content (AvgIpc) is 2.53. The van der Waals surface area contributed by atoms with E-state index in [9.17, 15) is 9.59 Å². The normalized spacial score (nSPS) is 36.1. The zero-order chi connectivity index (χ0) is 16.7. The highest BCUT2D eigenvalue weighted by molar-refractivity contribution is 5.90. The molecule has 0 saturated heterocycles. The van der Waals surface area contributed by atoms with E-state index in [1.807, 2.05) is 0 Å². The summed E-state index contributed by atoms with van der Waals surface area (Å²) in [6, 6.07) is 0. The summed E-state index contributed by atoms with van der Waals surface area (Å²) in [5.74, 6) is -1.36. The van der Waals surface area contributed by atoms with Crippen molar-refractivity contribution in [3.8, 4) is 0 Å². The highest BCUT2D eigenvalue weighted by atomic mass is 16.5. The molecule has 2 aliphatic carbocycles. The number of methoxy groups -OCH3 is 2. The molecule has 4 heteroatoms. The summed E-state index contributed by atoms with van der Waals surface area (Å²) in [6.45, 7) is 8.52. The van der Waals surface area contributed by atoms with Crippen molar-refractivity contribution in [3.63, 3.8) is 0 Å². The summed E-state index contributed by atoms with van der Waals surface area (Å²) in [7, 11) is 2.81. The van der Waals surface area contributed by atoms with Crippen molar-refractivity contribution < 1.29 is 19.1 Å². The molecule has 0 radical (unpaired) electrons. The highest BCUT2D eigenvalue weighted by Crippen LogP contribution is 2.82. The van der Waals surface area contributed by atoms with Gasteiger partial charge in [-0.1, -0.05) is 38.8 Å². The van der Waals surface area contributed by atoms with Crippen molar-refractivity contribution in [1.82, 2.24) is 0 Å². The summed E-state index contributed by atoms with van der Waals surface area (Å²) < 4.78 is 10.1. The molecular formula is C18H28O4. The van der Waals surface area contributed by atoms with Crippen LogP contribution in [0.15, 0.2) is 11.1 Å². The van der Waals surface area contributed by atoms with Crippen molar-refractivity contribution in [2.75, 3.05) is 14.2 Å². The van der Waals surface area contributed by atoms with Crippen molar-refractivity contribution in [1.29, 1.82) is 0 Å². The molecule has 0 aromatic carbocycles. The molecule has 0 heterocycles. The van der Waals surface area contributed by atoms with Gasteiger partial charge in [-0.3, -0.25) is 9.59 Å². The second kappa shape index (κ2) is 5.71. The van der Waals surface area contributed by atoms with E-state index in [-0.39, 0.29) is 22.8 Å². The van der Waals surface area contributed by atoms with E-state index in [2.05, 4.69) is 27.7 Å². The Morgan fingerprint density at radius 3 is 1.32 bits per heavy atom. The van der Waals surface area contributed by atoms with Crippen molar-refractivity contribution in [2.45, 2.75) is 53.4 Å². The van der Waals surface area contributed by atoms with Crippen molar-refractivity contribution >= 4 is 11.9 Å². The highest BCUT2D eigenvalue weighted by Gasteiger charge is 2.81. The van der Waals surface area contributed by atoms with Gasteiger partial charge in [0.1, 0.15) is 0 Å². The van der Waals surface area contributed by atoms with Crippen LogP contribution >= 0.6 is 0 Å². The maximum absolute atomic E-state index is 12.4. The molecule has 124 valence electrons. The molecule has 0 spiro atoms. The topological polar surface area (TPSA) is 52.6 Å². The molecule has 22 heavy (non-hydrogen) atoms. The fourth-order valence-corrected chi connectivity index (χ4v) is 5.90. The van der Waals surface area contributed by atoms with E-state index >= 15 is 0 Å². The summed E-state index contributed by atoms with van der Waals surface area (Å²) in [5, 5.41) is 0. The van der Waals surface area contributed by atoms with E-state index in [1.165, 1.54) is 25.4 Å². The molecule has 1 fully saturated rings. The molecule has 4 nitrogen and oxygen atoms in total. The first-order valence-corrected chi connectivity index (χ1v) is 8.36. The van der Waals surface area contributed by atoms with Crippen LogP contribution in [-0.2, 0) is 19.1 Å². The maximum Gasteiger partial charge on any atom is 0.310 e. The van der Waals surface area contributed by atoms with Crippen molar-refractivity contribution in [2.24, 2.45) is 22.7 Å². The van der Waals surface area contributed by atoms with Gasteiger partial charge in [0.2, 0.25) is 0 Å². The van der Waals surface area contributed by atoms with E-state index in [1.54, 1.807) is 0 Å². The first-order valence-electron chi connectivity index (χ1n) is 8.36. The average molecular weight is 308 g/mol. The summed E-state index contributed by atoms with van der Waals surface area (Å²) in [5.41, 5.74) is 2.31. The third kappa shape index (κ3) is 1.53. The molecule has 2 rings (SSSR count). The van der Waals surface area contributed by atoms with Crippen LogP contribution in [0.2, 0.25) is 0 Å². The standard InChI is InChI=1S/C18H28O4/c1-7-11-12(8-2)18(10-4)14(16(20)22-6)13(15(19)21-5)17(11,18)9-3/h13-14H,7-10H2,1-6H3/t13-,14-,17-,18+/m1/s1. The number of ether oxygens (including phenoxy) is 2. The Hall–Kier alpha value is -1.32. The van der Waals surface area contributed by atoms with Gasteiger partial charge in [-0.05, 0) is 25.7 Å². The SMILES string of the molecule is CCC1=C(CC)[C@]2(CC)[C@@H](C(=O)OC)[C@H](C(=O)OC)[C@]12CC. The lowest BCUT2D eigenvalue weighted by Crippen LogP contribution is -2.76. The summed E-state index contributed by atoms with van der Waals surface area (Å²) in [6.07, 6.45) is 3.59. The monoisotopic (exact) mass is 308 g/mol. The lowest BCUT2D eigenvalue weighted by atomic mass is 9.25. The number of allylic oxidation sites excluding steroid dienone is 2. The first kappa shape index (κ1) is 17.0. The predicted molar refractivity (Wildman–Crippen MR) is 84.1 cm³/mol. The largest absolute Gasteiger partial charge is 0.469 e. The lowest BCUT2D eigenvalue weighted by molar-refractivity contribution is -0.228. The molecule has 4 atom stereocenters. The Kier molecular flexibility index (Phi) is 4.42. The van der Waals surface area contributed by atoms with Crippen LogP contribution in [0.3, 0.4) is 0 Å². The molecule has 0 unspecified atom stereocenters. The van der Waals surface area contributed by atoms with Crippen LogP contribution < -0.4 is 0 Å². The lowest BCUT2D eigenvalue weighted by Gasteiger charge is -2.76. The fourth-order valence-electron chi connectivity index (χ4n) is 5.90. The number of fused-ring (bicyclic) bond motifs is 1. The van der Waals surface area contributed by atoms with Crippen LogP contribution in [0, 0.1) is 22.7 Å². The fraction of sp³-hybridized carbons (Fsp3) is 0.778. The smallest absolute Gasteiger partial charge is 0.310 e. The van der Waals surface area contributed by atoms with E-state index in [4.69, 9.17) is 9.47 Å². The van der Waals surface area contributed by atoms with Crippen LogP contribution in [0.5, 0.6) is 0 Å². The molecule has 1 saturated carbocycles. The Labute approximate surface area is 133 Å². The number of esters is 2. The Balaban J connectivity index is 2.65. The number of carbonyl (C=O) groups is 2. The molecule has 0 N–H and O–H groups in total. The van der Waals surface area contributed by atoms with Gasteiger partial charge in [0, 0.05) is 10.8 Å². The number of hydrogen-bond acceptors (Lipinski definition) is 4. The van der Waals surface area contributed by atoms with Gasteiger partial charge >= 0.3 is 11.9 Å². The maximum atomic E-state index is 12.4. The Morgan fingerprint density at radius 1 is 0.818 bits per heavy atom. The molecule has 0 aromatic rings. The second-order valence-corrected chi connectivity index (χ2v) is 6.32. The van der Waals surface area contributed by atoms with E-state index < -0.39 is 11.8 Å². The molecule has 0 aliphatic heterocycles. The third-order valence-electron chi connectivity index (χ3n) is 6.37. The van der Waals surface area contributed by atoms with Crippen LogP contribution in [0.4, 0.5) is 0 Å². The second-order valence-electron chi connectivity index (χ2n) is 6.32.